The smallest absolute Gasteiger partial charge is 0.350 e. The number of anilines is 1. The Bertz CT molecular complexity index is 983. The summed E-state index contributed by atoms with van der Waals surface area (Å²) in [7, 11) is 0. The van der Waals surface area contributed by atoms with Crippen LogP contribution in [0, 0.1) is 19.7 Å². The van der Waals surface area contributed by atoms with E-state index in [1.165, 1.54) is 12.1 Å². The third-order valence-corrected chi connectivity index (χ3v) is 4.90. The Morgan fingerprint density at radius 2 is 1.89 bits per heavy atom. The van der Waals surface area contributed by atoms with Gasteiger partial charge in [-0.25, -0.2) is 14.2 Å². The second-order valence-corrected chi connectivity index (χ2v) is 6.93. The molecule has 2 aromatic carbocycles. The van der Waals surface area contributed by atoms with Crippen molar-refractivity contribution in [2.75, 3.05) is 11.9 Å². The van der Waals surface area contributed by atoms with E-state index in [-0.39, 0.29) is 5.82 Å². The number of hydrogen-bond donors (Lipinski definition) is 1. The summed E-state index contributed by atoms with van der Waals surface area (Å²) in [5.74, 6) is -1.38. The highest BCUT2D eigenvalue weighted by molar-refractivity contribution is 7.17. The van der Waals surface area contributed by atoms with Crippen molar-refractivity contribution in [2.45, 2.75) is 13.8 Å². The van der Waals surface area contributed by atoms with Gasteiger partial charge >= 0.3 is 5.97 Å². The number of aromatic nitrogens is 1. The molecule has 1 aromatic heterocycles. The second-order valence-electron chi connectivity index (χ2n) is 5.93. The van der Waals surface area contributed by atoms with E-state index < -0.39 is 18.5 Å². The maximum atomic E-state index is 13.0. The zero-order chi connectivity index (χ0) is 19.4. The summed E-state index contributed by atoms with van der Waals surface area (Å²) in [5.41, 5.74) is 2.87. The predicted octanol–water partition coefficient (Wildman–Crippen LogP) is 4.36. The van der Waals surface area contributed by atoms with E-state index in [0.717, 1.165) is 16.9 Å². The Balaban J connectivity index is 1.62. The average Bonchev–Trinajstić information content (AvgIpc) is 3.02. The number of esters is 1. The minimum atomic E-state index is -0.613. The zero-order valence-electron chi connectivity index (χ0n) is 14.8. The van der Waals surface area contributed by atoms with Crippen LogP contribution in [0.3, 0.4) is 0 Å². The summed E-state index contributed by atoms with van der Waals surface area (Å²) in [5, 5.41) is 3.26. The van der Waals surface area contributed by atoms with E-state index in [4.69, 9.17) is 4.74 Å². The molecular formula is C20H17FN2O3S. The van der Waals surface area contributed by atoms with Crippen molar-refractivity contribution in [3.8, 4) is 10.6 Å². The quantitative estimate of drug-likeness (QED) is 0.664. The number of aryl methyl sites for hydroxylation is 2. The van der Waals surface area contributed by atoms with Crippen molar-refractivity contribution >= 4 is 28.9 Å². The summed E-state index contributed by atoms with van der Waals surface area (Å²) in [6.07, 6.45) is 0. The maximum absolute atomic E-state index is 13.0. The molecule has 3 aromatic rings. The number of carbonyl (C=O) groups is 2. The molecule has 1 heterocycles. The van der Waals surface area contributed by atoms with E-state index >= 15 is 0 Å². The number of hydrogen-bond acceptors (Lipinski definition) is 5. The SMILES string of the molecule is Cc1cccc(NC(=O)COC(=O)c2sc(-c3ccc(F)cc3)nc2C)c1. The predicted molar refractivity (Wildman–Crippen MR) is 102 cm³/mol. The average molecular weight is 384 g/mol. The lowest BCUT2D eigenvalue weighted by Crippen LogP contribution is -2.20. The van der Waals surface area contributed by atoms with Crippen molar-refractivity contribution < 1.29 is 18.7 Å². The Kier molecular flexibility index (Phi) is 5.61. The van der Waals surface area contributed by atoms with E-state index in [1.807, 2.05) is 25.1 Å². The molecule has 0 fully saturated rings. The lowest BCUT2D eigenvalue weighted by molar-refractivity contribution is -0.119. The lowest BCUT2D eigenvalue weighted by Gasteiger charge is -2.06. The van der Waals surface area contributed by atoms with Crippen LogP contribution in [0.15, 0.2) is 48.5 Å². The lowest BCUT2D eigenvalue weighted by atomic mass is 10.2. The highest BCUT2D eigenvalue weighted by Crippen LogP contribution is 2.28. The van der Waals surface area contributed by atoms with Gasteiger partial charge in [-0.3, -0.25) is 4.79 Å². The number of amides is 1. The van der Waals surface area contributed by atoms with Gasteiger partial charge in [-0.1, -0.05) is 12.1 Å². The van der Waals surface area contributed by atoms with Gasteiger partial charge in [-0.15, -0.1) is 11.3 Å². The summed E-state index contributed by atoms with van der Waals surface area (Å²) >= 11 is 1.14. The standard InChI is InChI=1S/C20H17FN2O3S/c1-12-4-3-5-16(10-12)23-17(24)11-26-20(25)18-13(2)22-19(27-18)14-6-8-15(21)9-7-14/h3-10H,11H2,1-2H3,(H,23,24). The fourth-order valence-electron chi connectivity index (χ4n) is 2.42. The number of benzene rings is 2. The number of nitrogens with one attached hydrogen (secondary N) is 1. The number of ether oxygens (including phenoxy) is 1. The molecule has 3 rings (SSSR count). The van der Waals surface area contributed by atoms with Crippen molar-refractivity contribution in [2.24, 2.45) is 0 Å². The first-order valence-corrected chi connectivity index (χ1v) is 9.01. The van der Waals surface area contributed by atoms with Gasteiger partial charge in [0.2, 0.25) is 0 Å². The molecule has 0 bridgehead atoms. The van der Waals surface area contributed by atoms with E-state index in [2.05, 4.69) is 10.3 Å². The Labute approximate surface area is 159 Å². The number of nitrogens with zero attached hydrogens (tertiary/aromatic N) is 1. The fraction of sp³-hybridized carbons (Fsp3) is 0.150. The van der Waals surface area contributed by atoms with Crippen LogP contribution in [0.25, 0.3) is 10.6 Å². The Morgan fingerprint density at radius 1 is 1.15 bits per heavy atom. The van der Waals surface area contributed by atoms with Gasteiger partial charge in [-0.2, -0.15) is 0 Å². The molecule has 0 saturated heterocycles. The van der Waals surface area contributed by atoms with Crippen LogP contribution in [0.2, 0.25) is 0 Å². The maximum Gasteiger partial charge on any atom is 0.350 e. The van der Waals surface area contributed by atoms with Gasteiger partial charge < -0.3 is 10.1 Å². The van der Waals surface area contributed by atoms with E-state index in [9.17, 15) is 14.0 Å². The molecule has 0 radical (unpaired) electrons. The Hall–Kier alpha value is -3.06. The van der Waals surface area contributed by atoms with Gasteiger partial charge in [0.25, 0.3) is 5.91 Å². The van der Waals surface area contributed by atoms with E-state index in [1.54, 1.807) is 25.1 Å². The third-order valence-electron chi connectivity index (χ3n) is 3.71. The first-order valence-electron chi connectivity index (χ1n) is 8.19. The monoisotopic (exact) mass is 384 g/mol. The number of thiazole rings is 1. The molecule has 138 valence electrons. The van der Waals surface area contributed by atoms with Gasteiger partial charge in [0, 0.05) is 11.3 Å². The number of halogens is 1. The van der Waals surface area contributed by atoms with Crippen LogP contribution >= 0.6 is 11.3 Å². The number of rotatable bonds is 5. The third kappa shape index (κ3) is 4.77. The molecule has 7 heteroatoms. The van der Waals surface area contributed by atoms with Crippen LogP contribution in [0.5, 0.6) is 0 Å². The summed E-state index contributed by atoms with van der Waals surface area (Å²) in [6, 6.07) is 13.2. The van der Waals surface area contributed by atoms with Crippen LogP contribution in [-0.2, 0) is 9.53 Å². The minimum absolute atomic E-state index is 0.317. The highest BCUT2D eigenvalue weighted by Gasteiger charge is 2.18. The van der Waals surface area contributed by atoms with Crippen molar-refractivity contribution in [3.63, 3.8) is 0 Å². The summed E-state index contributed by atoms with van der Waals surface area (Å²) < 4.78 is 18.1. The first kappa shape index (κ1) is 18.7. The van der Waals surface area contributed by atoms with E-state index in [0.29, 0.717) is 26.8 Å². The minimum Gasteiger partial charge on any atom is -0.451 e. The zero-order valence-corrected chi connectivity index (χ0v) is 15.6. The molecule has 27 heavy (non-hydrogen) atoms. The molecule has 5 nitrogen and oxygen atoms in total. The van der Waals surface area contributed by atoms with Crippen LogP contribution in [-0.4, -0.2) is 23.5 Å². The molecule has 0 atom stereocenters. The molecule has 0 aliphatic rings. The van der Waals surface area contributed by atoms with Crippen molar-refractivity contribution in [3.05, 3.63) is 70.5 Å². The molecule has 1 amide bonds. The summed E-state index contributed by atoms with van der Waals surface area (Å²) in [6.45, 7) is 3.21. The molecule has 0 aliphatic carbocycles. The molecular weight excluding hydrogens is 367 g/mol. The van der Waals surface area contributed by atoms with Crippen molar-refractivity contribution in [1.29, 1.82) is 0 Å². The second kappa shape index (κ2) is 8.09. The highest BCUT2D eigenvalue weighted by atomic mass is 32.1. The van der Waals surface area contributed by atoms with Gasteiger partial charge in [0.15, 0.2) is 6.61 Å². The number of carbonyl (C=O) groups excluding carboxylic acids is 2. The normalized spacial score (nSPS) is 10.5. The van der Waals surface area contributed by atoms with Crippen molar-refractivity contribution in [1.82, 2.24) is 4.98 Å². The van der Waals surface area contributed by atoms with Gasteiger partial charge in [0.05, 0.1) is 5.69 Å². The fourth-order valence-corrected chi connectivity index (χ4v) is 3.38. The molecule has 0 spiro atoms. The van der Waals surface area contributed by atoms with Gasteiger partial charge in [0.1, 0.15) is 15.7 Å². The molecule has 0 aliphatic heterocycles. The first-order chi connectivity index (χ1) is 12.9. The largest absolute Gasteiger partial charge is 0.451 e. The molecule has 1 N–H and O–H groups in total. The topological polar surface area (TPSA) is 68.3 Å². The van der Waals surface area contributed by atoms with Crippen LogP contribution < -0.4 is 5.32 Å². The summed E-state index contributed by atoms with van der Waals surface area (Å²) in [4.78, 5) is 28.9. The molecule has 0 saturated carbocycles. The van der Waals surface area contributed by atoms with Crippen LogP contribution in [0.4, 0.5) is 10.1 Å². The molecule has 0 unspecified atom stereocenters. The van der Waals surface area contributed by atoms with Crippen LogP contribution in [0.1, 0.15) is 20.9 Å². The Morgan fingerprint density at radius 3 is 2.59 bits per heavy atom. The van der Waals surface area contributed by atoms with Gasteiger partial charge in [-0.05, 0) is 55.8 Å².